The Morgan fingerprint density at radius 1 is 1.62 bits per heavy atom. The summed E-state index contributed by atoms with van der Waals surface area (Å²) in [6.07, 6.45) is 0.887. The van der Waals surface area contributed by atoms with Gasteiger partial charge in [-0.1, -0.05) is 15.9 Å². The molecule has 0 unspecified atom stereocenters. The van der Waals surface area contributed by atoms with E-state index in [0.717, 1.165) is 34.9 Å². The van der Waals surface area contributed by atoms with Crippen molar-refractivity contribution in [1.29, 1.82) is 5.26 Å². The average Bonchev–Trinajstić information content (AvgIpc) is 2.68. The highest BCUT2D eigenvalue weighted by Gasteiger charge is 2.24. The van der Waals surface area contributed by atoms with Crippen LogP contribution in [0.4, 0.5) is 5.69 Å². The van der Waals surface area contributed by atoms with Gasteiger partial charge in [0.25, 0.3) is 0 Å². The molecule has 0 atom stereocenters. The van der Waals surface area contributed by atoms with Gasteiger partial charge < -0.3 is 4.90 Å². The Kier molecular flexibility index (Phi) is 3.52. The van der Waals surface area contributed by atoms with E-state index in [1.54, 1.807) is 4.90 Å². The van der Waals surface area contributed by atoms with Crippen molar-refractivity contribution in [2.45, 2.75) is 6.42 Å². The largest absolute Gasteiger partial charge is 0.311 e. The maximum atomic E-state index is 11.8. The number of hydrogen-bond donors (Lipinski definition) is 0. The lowest BCUT2D eigenvalue weighted by Crippen LogP contribution is -2.30. The van der Waals surface area contributed by atoms with Gasteiger partial charge in [-0.15, -0.1) is 0 Å². The van der Waals surface area contributed by atoms with Crippen molar-refractivity contribution >= 4 is 39.3 Å². The Morgan fingerprint density at radius 2 is 2.44 bits per heavy atom. The fourth-order valence-electron chi connectivity index (χ4n) is 1.80. The van der Waals surface area contributed by atoms with E-state index in [-0.39, 0.29) is 11.7 Å². The summed E-state index contributed by atoms with van der Waals surface area (Å²) >= 11 is 4.40. The summed E-state index contributed by atoms with van der Waals surface area (Å²) in [5, 5.41) is 10.3. The maximum Gasteiger partial charge on any atom is 0.238 e. The summed E-state index contributed by atoms with van der Waals surface area (Å²) in [5.41, 5.74) is 2.16. The topological polar surface area (TPSA) is 44.1 Å². The minimum atomic E-state index is 0.00706. The van der Waals surface area contributed by atoms with Crippen LogP contribution in [-0.4, -0.2) is 18.2 Å². The van der Waals surface area contributed by atoms with Gasteiger partial charge in [0.05, 0.1) is 5.75 Å². The Morgan fingerprint density at radius 3 is 3.19 bits per heavy atom. The van der Waals surface area contributed by atoms with Crippen LogP contribution in [0.5, 0.6) is 0 Å². The van der Waals surface area contributed by atoms with Crippen LogP contribution in [0.25, 0.3) is 0 Å². The maximum absolute atomic E-state index is 11.8. The van der Waals surface area contributed by atoms with Crippen LogP contribution in [0.1, 0.15) is 5.56 Å². The van der Waals surface area contributed by atoms with Gasteiger partial charge in [0, 0.05) is 16.7 Å². The van der Waals surface area contributed by atoms with Crippen molar-refractivity contribution in [1.82, 2.24) is 0 Å². The first-order chi connectivity index (χ1) is 7.72. The van der Waals surface area contributed by atoms with E-state index in [9.17, 15) is 4.79 Å². The van der Waals surface area contributed by atoms with Crippen LogP contribution in [0, 0.1) is 10.7 Å². The number of nitrogens with zero attached hydrogens (tertiary/aromatic N) is 2. The fraction of sp³-hybridized carbons (Fsp3) is 0.273. The number of rotatable bonds is 2. The molecule has 0 saturated carbocycles. The Hall–Kier alpha value is -0.990. The van der Waals surface area contributed by atoms with Crippen molar-refractivity contribution in [3.63, 3.8) is 0 Å². The molecule has 0 aliphatic carbocycles. The predicted octanol–water partition coefficient (Wildman–Crippen LogP) is 2.55. The van der Waals surface area contributed by atoms with Crippen LogP contribution in [0.3, 0.4) is 0 Å². The van der Waals surface area contributed by atoms with E-state index in [2.05, 4.69) is 15.9 Å². The number of anilines is 1. The van der Waals surface area contributed by atoms with Crippen molar-refractivity contribution in [2.24, 2.45) is 0 Å². The highest BCUT2D eigenvalue weighted by atomic mass is 79.9. The average molecular weight is 297 g/mol. The molecule has 0 aromatic heterocycles. The second-order valence-electron chi connectivity index (χ2n) is 3.45. The summed E-state index contributed by atoms with van der Waals surface area (Å²) < 4.78 is 1.03. The molecule has 1 heterocycles. The Labute approximate surface area is 107 Å². The van der Waals surface area contributed by atoms with Gasteiger partial charge in [-0.05, 0) is 41.9 Å². The molecule has 2 rings (SSSR count). The SMILES string of the molecule is N#CSCC(=O)N1CCc2cc(Br)ccc21. The molecule has 3 nitrogen and oxygen atoms in total. The minimum absolute atomic E-state index is 0.00706. The number of thioether (sulfide) groups is 1. The van der Waals surface area contributed by atoms with Crippen LogP contribution >= 0.6 is 27.7 Å². The molecular formula is C11H9BrN2OS. The molecule has 0 fully saturated rings. The molecule has 82 valence electrons. The summed E-state index contributed by atoms with van der Waals surface area (Å²) in [6.45, 7) is 0.719. The van der Waals surface area contributed by atoms with Gasteiger partial charge in [0.2, 0.25) is 5.91 Å². The van der Waals surface area contributed by atoms with Gasteiger partial charge in [-0.2, -0.15) is 5.26 Å². The van der Waals surface area contributed by atoms with Gasteiger partial charge in [-0.25, -0.2) is 0 Å². The molecule has 0 N–H and O–H groups in total. The van der Waals surface area contributed by atoms with E-state index < -0.39 is 0 Å². The van der Waals surface area contributed by atoms with Crippen molar-refractivity contribution in [3.8, 4) is 5.40 Å². The molecule has 1 aromatic rings. The number of nitriles is 1. The smallest absolute Gasteiger partial charge is 0.238 e. The number of thiocyanates is 1. The van der Waals surface area contributed by atoms with E-state index >= 15 is 0 Å². The third-order valence-corrected chi connectivity index (χ3v) is 3.51. The van der Waals surface area contributed by atoms with E-state index in [4.69, 9.17) is 5.26 Å². The Balaban J connectivity index is 2.18. The van der Waals surface area contributed by atoms with Gasteiger partial charge in [0.15, 0.2) is 0 Å². The van der Waals surface area contributed by atoms with Gasteiger partial charge in [0.1, 0.15) is 5.40 Å². The summed E-state index contributed by atoms with van der Waals surface area (Å²) in [7, 11) is 0. The highest BCUT2D eigenvalue weighted by molar-refractivity contribution is 9.10. The standard InChI is InChI=1S/C11H9BrN2OS/c12-9-1-2-10-8(5-9)3-4-14(10)11(15)6-16-7-13/h1-2,5H,3-4,6H2. The predicted molar refractivity (Wildman–Crippen MR) is 68.3 cm³/mol. The molecule has 0 spiro atoms. The second-order valence-corrected chi connectivity index (χ2v) is 5.12. The van der Waals surface area contributed by atoms with Crippen LogP contribution in [-0.2, 0) is 11.2 Å². The second kappa shape index (κ2) is 4.89. The van der Waals surface area contributed by atoms with Crippen LogP contribution in [0.15, 0.2) is 22.7 Å². The third-order valence-electron chi connectivity index (χ3n) is 2.50. The number of carbonyl (C=O) groups excluding carboxylic acids is 1. The molecule has 16 heavy (non-hydrogen) atoms. The van der Waals surface area contributed by atoms with E-state index in [0.29, 0.717) is 0 Å². The lowest BCUT2D eigenvalue weighted by Gasteiger charge is -2.16. The first kappa shape index (κ1) is 11.5. The lowest BCUT2D eigenvalue weighted by atomic mass is 10.2. The number of fused-ring (bicyclic) bond motifs is 1. The van der Waals surface area contributed by atoms with Crippen molar-refractivity contribution < 1.29 is 4.79 Å². The van der Waals surface area contributed by atoms with Crippen LogP contribution in [0.2, 0.25) is 0 Å². The molecule has 0 saturated heterocycles. The zero-order chi connectivity index (χ0) is 11.5. The van der Waals surface area contributed by atoms with Crippen molar-refractivity contribution in [2.75, 3.05) is 17.2 Å². The number of amides is 1. The number of carbonyl (C=O) groups is 1. The summed E-state index contributed by atoms with van der Waals surface area (Å²) in [5.74, 6) is 0.235. The Bertz CT molecular complexity index is 470. The molecule has 1 aliphatic heterocycles. The normalized spacial score (nSPS) is 13.4. The highest BCUT2D eigenvalue weighted by Crippen LogP contribution is 2.30. The quantitative estimate of drug-likeness (QED) is 0.788. The molecule has 1 aromatic carbocycles. The zero-order valence-corrected chi connectivity index (χ0v) is 10.8. The van der Waals surface area contributed by atoms with E-state index in [1.807, 2.05) is 23.6 Å². The zero-order valence-electron chi connectivity index (χ0n) is 8.44. The molecule has 1 amide bonds. The molecule has 0 radical (unpaired) electrons. The molecule has 1 aliphatic rings. The van der Waals surface area contributed by atoms with Gasteiger partial charge >= 0.3 is 0 Å². The first-order valence-electron chi connectivity index (χ1n) is 4.82. The minimum Gasteiger partial charge on any atom is -0.311 e. The van der Waals surface area contributed by atoms with Crippen LogP contribution < -0.4 is 4.90 Å². The lowest BCUT2D eigenvalue weighted by molar-refractivity contribution is -0.116. The number of hydrogen-bond acceptors (Lipinski definition) is 3. The summed E-state index contributed by atoms with van der Waals surface area (Å²) in [6, 6.07) is 5.92. The number of halogens is 1. The monoisotopic (exact) mass is 296 g/mol. The first-order valence-corrected chi connectivity index (χ1v) is 6.60. The molecule has 5 heteroatoms. The molecular weight excluding hydrogens is 288 g/mol. The number of benzene rings is 1. The van der Waals surface area contributed by atoms with Gasteiger partial charge in [-0.3, -0.25) is 4.79 Å². The molecule has 0 bridgehead atoms. The van der Waals surface area contributed by atoms with E-state index in [1.165, 1.54) is 5.56 Å². The summed E-state index contributed by atoms with van der Waals surface area (Å²) in [4.78, 5) is 13.6. The fourth-order valence-corrected chi connectivity index (χ4v) is 2.55. The van der Waals surface area contributed by atoms with Crippen molar-refractivity contribution in [3.05, 3.63) is 28.2 Å². The third kappa shape index (κ3) is 2.23.